The lowest BCUT2D eigenvalue weighted by atomic mass is 9.81. The van der Waals surface area contributed by atoms with Crippen LogP contribution in [-0.2, 0) is 16.0 Å². The molecule has 0 aliphatic heterocycles. The van der Waals surface area contributed by atoms with Crippen molar-refractivity contribution < 1.29 is 9.59 Å². The maximum absolute atomic E-state index is 10.9. The molecule has 0 saturated heterocycles. The summed E-state index contributed by atoms with van der Waals surface area (Å²) in [5.74, 6) is 1.24. The van der Waals surface area contributed by atoms with E-state index in [0.29, 0.717) is 17.8 Å². The highest BCUT2D eigenvalue weighted by molar-refractivity contribution is 5.62. The Labute approximate surface area is 150 Å². The Hall–Kier alpha value is -2.02. The Morgan fingerprint density at radius 3 is 1.96 bits per heavy atom. The fraction of sp³-hybridized carbons (Fsp3) is 0.619. The van der Waals surface area contributed by atoms with Gasteiger partial charge in [0.25, 0.3) is 0 Å². The van der Waals surface area contributed by atoms with Crippen molar-refractivity contribution in [2.24, 2.45) is 15.9 Å². The van der Waals surface area contributed by atoms with Crippen LogP contribution in [0, 0.1) is 5.92 Å². The molecule has 0 atom stereocenters. The van der Waals surface area contributed by atoms with Crippen LogP contribution in [0.25, 0.3) is 0 Å². The first-order valence-corrected chi connectivity index (χ1v) is 9.27. The summed E-state index contributed by atoms with van der Waals surface area (Å²) in [6, 6.07) is 4.58. The van der Waals surface area contributed by atoms with Crippen LogP contribution < -0.4 is 0 Å². The normalized spacial score (nSPS) is 20.2. The first-order chi connectivity index (χ1) is 12.0. The lowest BCUT2D eigenvalue weighted by molar-refractivity contribution is 0.325. The minimum Gasteiger partial charge on any atom is -0.211 e. The summed E-state index contributed by atoms with van der Waals surface area (Å²) >= 11 is 0. The van der Waals surface area contributed by atoms with Gasteiger partial charge in [0, 0.05) is 0 Å². The van der Waals surface area contributed by atoms with E-state index in [1.807, 2.05) is 0 Å². The number of isocyanates is 2. The van der Waals surface area contributed by atoms with Gasteiger partial charge in [-0.2, -0.15) is 4.99 Å². The monoisotopic (exact) mass is 340 g/mol. The highest BCUT2D eigenvalue weighted by Gasteiger charge is 2.22. The molecule has 0 radical (unpaired) electrons. The largest absolute Gasteiger partial charge is 0.240 e. The van der Waals surface area contributed by atoms with Crippen molar-refractivity contribution in [1.82, 2.24) is 0 Å². The van der Waals surface area contributed by atoms with Crippen LogP contribution in [0.3, 0.4) is 0 Å². The molecule has 0 amide bonds. The van der Waals surface area contributed by atoms with Crippen molar-refractivity contribution in [1.29, 1.82) is 0 Å². The van der Waals surface area contributed by atoms with Crippen molar-refractivity contribution in [2.45, 2.75) is 77.7 Å². The second-order valence-corrected chi connectivity index (χ2v) is 7.73. The fourth-order valence-corrected chi connectivity index (χ4v) is 3.80. The second kappa shape index (κ2) is 8.89. The minimum absolute atomic E-state index is 0.163. The topological polar surface area (TPSA) is 58.9 Å². The molecular formula is C21H28N2O2. The molecule has 25 heavy (non-hydrogen) atoms. The van der Waals surface area contributed by atoms with Crippen LogP contribution in [0.5, 0.6) is 0 Å². The molecule has 0 heterocycles. The van der Waals surface area contributed by atoms with Crippen molar-refractivity contribution in [3.63, 3.8) is 0 Å². The number of carbonyl (C=O) groups excluding carboxylic acids is 2. The molecule has 2 rings (SSSR count). The standard InChI is InChI=1S/C21H28N2O2/c1-14(2)19-10-17(11-20(15(3)4)21(19)23-13-25)9-16-5-7-18(8-6-16)22-12-24/h10-11,14-16,18H,5-9H2,1-4H3. The molecule has 1 aromatic rings. The number of aliphatic imine (C=N–C) groups is 2. The zero-order valence-corrected chi connectivity index (χ0v) is 15.7. The highest BCUT2D eigenvalue weighted by atomic mass is 16.1. The molecule has 4 nitrogen and oxygen atoms in total. The van der Waals surface area contributed by atoms with Gasteiger partial charge in [0.2, 0.25) is 12.2 Å². The van der Waals surface area contributed by atoms with E-state index in [0.717, 1.165) is 48.9 Å². The van der Waals surface area contributed by atoms with Crippen LogP contribution in [-0.4, -0.2) is 18.2 Å². The Morgan fingerprint density at radius 2 is 1.52 bits per heavy atom. The van der Waals surface area contributed by atoms with E-state index in [2.05, 4.69) is 49.8 Å². The van der Waals surface area contributed by atoms with E-state index in [4.69, 9.17) is 0 Å². The van der Waals surface area contributed by atoms with Crippen molar-refractivity contribution >= 4 is 17.8 Å². The van der Waals surface area contributed by atoms with Crippen LogP contribution >= 0.6 is 0 Å². The second-order valence-electron chi connectivity index (χ2n) is 7.73. The Balaban J connectivity index is 2.26. The first-order valence-electron chi connectivity index (χ1n) is 9.27. The van der Waals surface area contributed by atoms with Gasteiger partial charge in [0.15, 0.2) is 0 Å². The third kappa shape index (κ3) is 4.98. The summed E-state index contributed by atoms with van der Waals surface area (Å²) in [5, 5.41) is 0. The van der Waals surface area contributed by atoms with E-state index in [9.17, 15) is 9.59 Å². The van der Waals surface area contributed by atoms with Gasteiger partial charge in [-0.25, -0.2) is 14.6 Å². The SMILES string of the molecule is CC(C)c1cc(CC2CCC(N=C=O)CC2)cc(C(C)C)c1N=C=O. The summed E-state index contributed by atoms with van der Waals surface area (Å²) < 4.78 is 0. The minimum atomic E-state index is 0.163. The third-order valence-corrected chi connectivity index (χ3v) is 5.21. The van der Waals surface area contributed by atoms with Crippen molar-refractivity contribution in [3.05, 3.63) is 28.8 Å². The summed E-state index contributed by atoms with van der Waals surface area (Å²) in [6.07, 6.45) is 8.59. The average Bonchev–Trinajstić information content (AvgIpc) is 2.57. The van der Waals surface area contributed by atoms with Gasteiger partial charge in [0.1, 0.15) is 0 Å². The highest BCUT2D eigenvalue weighted by Crippen LogP contribution is 2.37. The molecule has 0 N–H and O–H groups in total. The first kappa shape index (κ1) is 19.3. The van der Waals surface area contributed by atoms with E-state index >= 15 is 0 Å². The van der Waals surface area contributed by atoms with Gasteiger partial charge < -0.3 is 0 Å². The van der Waals surface area contributed by atoms with Crippen LogP contribution in [0.15, 0.2) is 22.1 Å². The molecule has 0 unspecified atom stereocenters. The number of nitrogens with zero attached hydrogens (tertiary/aromatic N) is 2. The van der Waals surface area contributed by atoms with Crippen molar-refractivity contribution in [2.75, 3.05) is 0 Å². The smallest absolute Gasteiger partial charge is 0.211 e. The van der Waals surface area contributed by atoms with E-state index < -0.39 is 0 Å². The van der Waals surface area contributed by atoms with E-state index in [-0.39, 0.29) is 6.04 Å². The summed E-state index contributed by atoms with van der Waals surface area (Å²) in [7, 11) is 0. The number of hydrogen-bond acceptors (Lipinski definition) is 4. The predicted octanol–water partition coefficient (Wildman–Crippen LogP) is 5.34. The summed E-state index contributed by atoms with van der Waals surface area (Å²) in [6.45, 7) is 8.54. The molecule has 1 fully saturated rings. The Kier molecular flexibility index (Phi) is 6.87. The third-order valence-electron chi connectivity index (χ3n) is 5.21. The fourth-order valence-electron chi connectivity index (χ4n) is 3.80. The summed E-state index contributed by atoms with van der Waals surface area (Å²) in [4.78, 5) is 29.2. The number of benzene rings is 1. The molecule has 0 spiro atoms. The predicted molar refractivity (Wildman–Crippen MR) is 100.0 cm³/mol. The quantitative estimate of drug-likeness (QED) is 0.518. The van der Waals surface area contributed by atoms with E-state index in [1.165, 1.54) is 5.56 Å². The molecule has 1 saturated carbocycles. The maximum Gasteiger partial charge on any atom is 0.240 e. The molecule has 1 aliphatic rings. The zero-order chi connectivity index (χ0) is 18.4. The lowest BCUT2D eigenvalue weighted by Crippen LogP contribution is -2.18. The number of rotatable bonds is 6. The van der Waals surface area contributed by atoms with Gasteiger partial charge >= 0.3 is 0 Å². The van der Waals surface area contributed by atoms with Gasteiger partial charge in [-0.1, -0.05) is 39.8 Å². The van der Waals surface area contributed by atoms with Gasteiger partial charge in [0.05, 0.1) is 11.7 Å². The Morgan fingerprint density at radius 1 is 0.960 bits per heavy atom. The Bertz CT molecular complexity index is 659. The zero-order valence-electron chi connectivity index (χ0n) is 15.7. The lowest BCUT2D eigenvalue weighted by Gasteiger charge is -2.26. The maximum atomic E-state index is 10.9. The number of hydrogen-bond donors (Lipinski definition) is 0. The molecule has 0 bridgehead atoms. The molecule has 0 aromatic heterocycles. The van der Waals surface area contributed by atoms with Gasteiger partial charge in [-0.15, -0.1) is 0 Å². The van der Waals surface area contributed by atoms with Gasteiger partial charge in [-0.05, 0) is 66.5 Å². The van der Waals surface area contributed by atoms with E-state index in [1.54, 1.807) is 12.2 Å². The van der Waals surface area contributed by atoms with Crippen LogP contribution in [0.4, 0.5) is 5.69 Å². The molecule has 1 aromatic carbocycles. The van der Waals surface area contributed by atoms with Gasteiger partial charge in [-0.3, -0.25) is 0 Å². The van der Waals surface area contributed by atoms with Crippen LogP contribution in [0.2, 0.25) is 0 Å². The molecule has 4 heteroatoms. The summed E-state index contributed by atoms with van der Waals surface area (Å²) in [5.41, 5.74) is 4.37. The molecule has 134 valence electrons. The molecular weight excluding hydrogens is 312 g/mol. The molecule has 1 aliphatic carbocycles. The average molecular weight is 340 g/mol. The van der Waals surface area contributed by atoms with Crippen molar-refractivity contribution in [3.8, 4) is 0 Å². The van der Waals surface area contributed by atoms with Crippen LogP contribution in [0.1, 0.15) is 81.9 Å².